The van der Waals surface area contributed by atoms with Crippen molar-refractivity contribution in [1.29, 1.82) is 0 Å². The summed E-state index contributed by atoms with van der Waals surface area (Å²) in [5, 5.41) is 3.10. The van der Waals surface area contributed by atoms with E-state index in [1.165, 1.54) is 6.42 Å². The molecule has 1 heterocycles. The number of benzene rings is 1. The molecule has 3 atom stereocenters. The Bertz CT molecular complexity index is 697. The van der Waals surface area contributed by atoms with Gasteiger partial charge in [-0.2, -0.15) is 0 Å². The van der Waals surface area contributed by atoms with Gasteiger partial charge < -0.3 is 14.8 Å². The van der Waals surface area contributed by atoms with E-state index in [4.69, 9.17) is 9.47 Å². The van der Waals surface area contributed by atoms with Gasteiger partial charge in [-0.3, -0.25) is 9.59 Å². The molecule has 1 amide bonds. The molecule has 0 bridgehead atoms. The smallest absolute Gasteiger partial charge is 0.258 e. The van der Waals surface area contributed by atoms with Crippen molar-refractivity contribution in [2.45, 2.75) is 65.0 Å². The lowest BCUT2D eigenvalue weighted by atomic mass is 9.78. The van der Waals surface area contributed by atoms with Gasteiger partial charge in [0.05, 0.1) is 12.0 Å². The molecule has 0 spiro atoms. The van der Waals surface area contributed by atoms with Crippen LogP contribution in [-0.4, -0.2) is 29.9 Å². The summed E-state index contributed by atoms with van der Waals surface area (Å²) in [6.45, 7) is 8.20. The minimum atomic E-state index is -0.486. The highest BCUT2D eigenvalue weighted by Gasteiger charge is 2.33. The topological polar surface area (TPSA) is 64.6 Å². The summed E-state index contributed by atoms with van der Waals surface area (Å²) in [5.74, 6) is 2.13. The molecule has 1 aromatic rings. The first kappa shape index (κ1) is 18.7. The SMILES string of the molecule is CC1CCCC(NC(=O)COc2ccc3c(c2)C(=O)CC(C)(C)O3)C1C. The van der Waals surface area contributed by atoms with E-state index in [2.05, 4.69) is 19.2 Å². The van der Waals surface area contributed by atoms with Gasteiger partial charge in [0.2, 0.25) is 0 Å². The highest BCUT2D eigenvalue weighted by Crippen LogP contribution is 2.35. The molecule has 3 unspecified atom stereocenters. The molecule has 0 radical (unpaired) electrons. The third-order valence-electron chi connectivity index (χ3n) is 5.65. The number of amides is 1. The molecule has 1 N–H and O–H groups in total. The fourth-order valence-corrected chi connectivity index (χ4v) is 3.90. The number of Topliss-reactive ketones (excluding diaryl/α,β-unsaturated/α-hetero) is 1. The highest BCUT2D eigenvalue weighted by atomic mass is 16.5. The number of ether oxygens (including phenoxy) is 2. The van der Waals surface area contributed by atoms with E-state index in [1.807, 2.05) is 13.8 Å². The van der Waals surface area contributed by atoms with Crippen LogP contribution in [0, 0.1) is 11.8 Å². The van der Waals surface area contributed by atoms with Crippen molar-refractivity contribution in [2.24, 2.45) is 11.8 Å². The van der Waals surface area contributed by atoms with E-state index in [1.54, 1.807) is 18.2 Å². The zero-order valence-electron chi connectivity index (χ0n) is 16.1. The summed E-state index contributed by atoms with van der Waals surface area (Å²) in [6, 6.07) is 5.37. The van der Waals surface area contributed by atoms with E-state index in [0.717, 1.165) is 12.8 Å². The molecule has 1 saturated carbocycles. The predicted molar refractivity (Wildman–Crippen MR) is 99.7 cm³/mol. The number of rotatable bonds is 4. The molecule has 1 aliphatic heterocycles. The molecule has 26 heavy (non-hydrogen) atoms. The third-order valence-corrected chi connectivity index (χ3v) is 5.65. The second kappa shape index (κ2) is 7.29. The predicted octanol–water partition coefficient (Wildman–Crippen LogP) is 3.75. The standard InChI is InChI=1S/C21H29NO4/c1-13-6-5-7-17(14(13)2)22-20(24)12-25-15-8-9-19-16(10-15)18(23)11-21(3,4)26-19/h8-10,13-14,17H,5-7,11-12H2,1-4H3,(H,22,24). The largest absolute Gasteiger partial charge is 0.487 e. The van der Waals surface area contributed by atoms with Crippen molar-refractivity contribution in [1.82, 2.24) is 5.32 Å². The van der Waals surface area contributed by atoms with Crippen LogP contribution in [0.4, 0.5) is 0 Å². The van der Waals surface area contributed by atoms with Gasteiger partial charge in [0.15, 0.2) is 12.4 Å². The van der Waals surface area contributed by atoms with Crippen LogP contribution < -0.4 is 14.8 Å². The number of nitrogens with one attached hydrogen (secondary N) is 1. The average Bonchev–Trinajstić information content (AvgIpc) is 2.56. The van der Waals surface area contributed by atoms with Gasteiger partial charge in [0.25, 0.3) is 5.91 Å². The van der Waals surface area contributed by atoms with Gasteiger partial charge in [0.1, 0.15) is 17.1 Å². The lowest BCUT2D eigenvalue weighted by molar-refractivity contribution is -0.124. The van der Waals surface area contributed by atoms with Crippen molar-refractivity contribution in [2.75, 3.05) is 6.61 Å². The Morgan fingerprint density at radius 3 is 2.85 bits per heavy atom. The summed E-state index contributed by atoms with van der Waals surface area (Å²) in [4.78, 5) is 24.6. The molecular weight excluding hydrogens is 330 g/mol. The van der Waals surface area contributed by atoms with Gasteiger partial charge >= 0.3 is 0 Å². The lowest BCUT2D eigenvalue weighted by Crippen LogP contribution is -2.45. The maximum absolute atomic E-state index is 12.3. The minimum absolute atomic E-state index is 0.0381. The summed E-state index contributed by atoms with van der Waals surface area (Å²) < 4.78 is 11.5. The molecule has 0 aromatic heterocycles. The van der Waals surface area contributed by atoms with E-state index >= 15 is 0 Å². The fourth-order valence-electron chi connectivity index (χ4n) is 3.90. The molecule has 5 nitrogen and oxygen atoms in total. The van der Waals surface area contributed by atoms with Crippen LogP contribution in [0.25, 0.3) is 0 Å². The average molecular weight is 359 g/mol. The van der Waals surface area contributed by atoms with Gasteiger partial charge in [-0.1, -0.05) is 26.7 Å². The van der Waals surface area contributed by atoms with Crippen LogP contribution >= 0.6 is 0 Å². The fraction of sp³-hybridized carbons (Fsp3) is 0.619. The molecule has 5 heteroatoms. The van der Waals surface area contributed by atoms with Crippen LogP contribution in [0.15, 0.2) is 18.2 Å². The van der Waals surface area contributed by atoms with E-state index in [9.17, 15) is 9.59 Å². The van der Waals surface area contributed by atoms with Crippen LogP contribution in [0.5, 0.6) is 11.5 Å². The number of ketones is 1. The number of hydrogen-bond donors (Lipinski definition) is 1. The lowest BCUT2D eigenvalue weighted by Gasteiger charge is -2.34. The number of carbonyl (C=O) groups is 2. The zero-order chi connectivity index (χ0) is 18.9. The van der Waals surface area contributed by atoms with Gasteiger partial charge in [0, 0.05) is 6.04 Å². The van der Waals surface area contributed by atoms with Crippen molar-refractivity contribution >= 4 is 11.7 Å². The normalized spacial score (nSPS) is 27.2. The maximum Gasteiger partial charge on any atom is 0.258 e. The first-order valence-electron chi connectivity index (χ1n) is 9.53. The van der Waals surface area contributed by atoms with Crippen molar-refractivity contribution < 1.29 is 19.1 Å². The summed E-state index contributed by atoms with van der Waals surface area (Å²) in [7, 11) is 0. The van der Waals surface area contributed by atoms with Crippen molar-refractivity contribution in [3.05, 3.63) is 23.8 Å². The Kier molecular flexibility index (Phi) is 5.26. The molecule has 0 saturated heterocycles. The number of fused-ring (bicyclic) bond motifs is 1. The zero-order valence-corrected chi connectivity index (χ0v) is 16.1. The van der Waals surface area contributed by atoms with E-state index < -0.39 is 5.60 Å². The molecule has 1 fully saturated rings. The molecule has 142 valence electrons. The second-order valence-corrected chi connectivity index (χ2v) is 8.35. The Labute approximate surface area is 155 Å². The number of hydrogen-bond acceptors (Lipinski definition) is 4. The summed E-state index contributed by atoms with van der Waals surface area (Å²) >= 11 is 0. The van der Waals surface area contributed by atoms with E-state index in [-0.39, 0.29) is 24.3 Å². The Balaban J connectivity index is 1.58. The molecule has 2 aliphatic rings. The van der Waals surface area contributed by atoms with Crippen LogP contribution in [-0.2, 0) is 4.79 Å². The summed E-state index contributed by atoms with van der Waals surface area (Å²) in [5.41, 5.74) is 0.0390. The van der Waals surface area contributed by atoms with Crippen LogP contribution in [0.2, 0.25) is 0 Å². The Hall–Kier alpha value is -2.04. The van der Waals surface area contributed by atoms with E-state index in [0.29, 0.717) is 35.3 Å². The minimum Gasteiger partial charge on any atom is -0.487 e. The summed E-state index contributed by atoms with van der Waals surface area (Å²) in [6.07, 6.45) is 3.74. The molecular formula is C21H29NO4. The quantitative estimate of drug-likeness (QED) is 0.889. The van der Waals surface area contributed by atoms with Crippen LogP contribution in [0.3, 0.4) is 0 Å². The highest BCUT2D eigenvalue weighted by molar-refractivity contribution is 6.00. The number of carbonyl (C=O) groups excluding carboxylic acids is 2. The first-order chi connectivity index (χ1) is 12.2. The van der Waals surface area contributed by atoms with Gasteiger partial charge in [-0.15, -0.1) is 0 Å². The molecule has 1 aromatic carbocycles. The van der Waals surface area contributed by atoms with Crippen molar-refractivity contribution in [3.8, 4) is 11.5 Å². The first-order valence-corrected chi connectivity index (χ1v) is 9.53. The molecule has 3 rings (SSSR count). The van der Waals surface area contributed by atoms with Gasteiger partial charge in [-0.25, -0.2) is 0 Å². The molecule has 1 aliphatic carbocycles. The Morgan fingerprint density at radius 2 is 2.08 bits per heavy atom. The Morgan fingerprint density at radius 1 is 1.31 bits per heavy atom. The third kappa shape index (κ3) is 4.19. The second-order valence-electron chi connectivity index (χ2n) is 8.35. The van der Waals surface area contributed by atoms with Crippen molar-refractivity contribution in [3.63, 3.8) is 0 Å². The maximum atomic E-state index is 12.3. The van der Waals surface area contributed by atoms with Crippen LogP contribution in [0.1, 0.15) is 63.7 Å². The van der Waals surface area contributed by atoms with Gasteiger partial charge in [-0.05, 0) is 50.3 Å². The monoisotopic (exact) mass is 359 g/mol.